The van der Waals surface area contributed by atoms with E-state index in [4.69, 9.17) is 0 Å². The van der Waals surface area contributed by atoms with Crippen molar-refractivity contribution in [1.29, 1.82) is 0 Å². The summed E-state index contributed by atoms with van der Waals surface area (Å²) in [4.78, 5) is 0. The van der Waals surface area contributed by atoms with Crippen LogP contribution in [0.3, 0.4) is 0 Å². The zero-order chi connectivity index (χ0) is 9.07. The van der Waals surface area contributed by atoms with Crippen LogP contribution in [0.15, 0.2) is 36.5 Å². The number of allylic oxidation sites excluding steroid dienone is 8. The number of hydrogen-bond donors (Lipinski definition) is 0. The maximum atomic E-state index is 3.34. The quantitative estimate of drug-likeness (QED) is 0.566. The van der Waals surface area contributed by atoms with Crippen LogP contribution in [-0.2, 0) is 24.2 Å². The summed E-state index contributed by atoms with van der Waals surface area (Å²) in [5, 5.41) is 0. The van der Waals surface area contributed by atoms with E-state index >= 15 is 0 Å². The molecular formula is C11H12Zr. The van der Waals surface area contributed by atoms with Crippen LogP contribution in [-0.4, -0.2) is 4.21 Å². The van der Waals surface area contributed by atoms with Gasteiger partial charge in [0.25, 0.3) is 0 Å². The fraction of sp³-hybridized carbons (Fsp3) is 0.182. The minimum atomic E-state index is 1.01. The van der Waals surface area contributed by atoms with Crippen molar-refractivity contribution in [1.82, 2.24) is 0 Å². The summed E-state index contributed by atoms with van der Waals surface area (Å²) in [5.74, 6) is 0. The molecule has 60 valence electrons. The summed E-state index contributed by atoms with van der Waals surface area (Å²) in [7, 11) is 0. The van der Waals surface area contributed by atoms with Crippen molar-refractivity contribution < 1.29 is 24.2 Å². The van der Waals surface area contributed by atoms with Crippen molar-refractivity contribution in [2.75, 3.05) is 0 Å². The first kappa shape index (κ1) is 11.7. The molecule has 0 spiro atoms. The molecule has 0 aliphatic heterocycles. The van der Waals surface area contributed by atoms with E-state index in [9.17, 15) is 0 Å². The van der Waals surface area contributed by atoms with Crippen LogP contribution in [0, 0.1) is 12.2 Å². The Morgan fingerprint density at radius 3 is 1.42 bits per heavy atom. The van der Waals surface area contributed by atoms with E-state index in [0.29, 0.717) is 0 Å². The van der Waals surface area contributed by atoms with E-state index in [2.05, 4.69) is 28.5 Å². The molecule has 0 atom stereocenters. The summed E-state index contributed by atoms with van der Waals surface area (Å²) in [5.41, 5.74) is 0. The van der Waals surface area contributed by atoms with Crippen LogP contribution >= 0.6 is 0 Å². The standard InChI is InChI=1S/2C5H5.CH2.Zr/c2*1-2-4-5-3-1;;/h2*1-3H,4H2;1H2;/q2*-1;;+2. The Labute approximate surface area is 89.7 Å². The van der Waals surface area contributed by atoms with Crippen LogP contribution in [0.4, 0.5) is 0 Å². The predicted octanol–water partition coefficient (Wildman–Crippen LogP) is 2.58. The second-order valence-corrected chi connectivity index (χ2v) is 2.01. The monoisotopic (exact) mass is 234 g/mol. The molecule has 0 amide bonds. The third kappa shape index (κ3) is 7.82. The van der Waals surface area contributed by atoms with Gasteiger partial charge in [0.1, 0.15) is 0 Å². The van der Waals surface area contributed by atoms with E-state index in [1.54, 1.807) is 0 Å². The molecule has 0 unspecified atom stereocenters. The predicted molar refractivity (Wildman–Crippen MR) is 50.3 cm³/mol. The Morgan fingerprint density at radius 1 is 0.917 bits per heavy atom. The van der Waals surface area contributed by atoms with Gasteiger partial charge in [-0.1, -0.05) is 0 Å². The Kier molecular flexibility index (Phi) is 10.5. The third-order valence-corrected chi connectivity index (χ3v) is 1.17. The average molecular weight is 235 g/mol. The molecule has 0 radical (unpaired) electrons. The molecule has 0 N–H and O–H groups in total. The van der Waals surface area contributed by atoms with Gasteiger partial charge in [-0.25, -0.2) is 24.3 Å². The molecule has 2 aliphatic rings. The van der Waals surface area contributed by atoms with Crippen molar-refractivity contribution in [2.24, 2.45) is 0 Å². The van der Waals surface area contributed by atoms with Crippen LogP contribution in [0.2, 0.25) is 0 Å². The van der Waals surface area contributed by atoms with Gasteiger partial charge in [-0.3, -0.25) is 12.2 Å². The van der Waals surface area contributed by atoms with Gasteiger partial charge in [0.05, 0.1) is 0 Å². The molecule has 0 aromatic heterocycles. The van der Waals surface area contributed by atoms with Gasteiger partial charge in [-0.15, -0.1) is 12.8 Å². The first-order chi connectivity index (χ1) is 6.00. The molecule has 0 bridgehead atoms. The minimum absolute atomic E-state index is 1.01. The van der Waals surface area contributed by atoms with E-state index in [1.165, 1.54) is 24.2 Å². The molecule has 0 fully saturated rings. The Bertz CT molecular complexity index is 155. The second-order valence-electron chi connectivity index (χ2n) is 2.01. The molecule has 0 saturated heterocycles. The molecule has 0 aromatic carbocycles. The van der Waals surface area contributed by atoms with Gasteiger partial charge >= 0.3 is 28.4 Å². The Morgan fingerprint density at radius 2 is 1.33 bits per heavy atom. The van der Waals surface area contributed by atoms with Crippen molar-refractivity contribution in [3.63, 3.8) is 0 Å². The second kappa shape index (κ2) is 10.7. The van der Waals surface area contributed by atoms with E-state index in [-0.39, 0.29) is 0 Å². The van der Waals surface area contributed by atoms with Gasteiger partial charge in [0.2, 0.25) is 0 Å². The number of hydrogen-bond acceptors (Lipinski definition) is 0. The SMILES string of the molecule is [C-]1=CC=CC1.[C-]1=CC=CC1.[CH2]=[Zr+2]. The first-order valence-corrected chi connectivity index (χ1v) is 5.53. The van der Waals surface area contributed by atoms with Crippen molar-refractivity contribution in [2.45, 2.75) is 12.8 Å². The fourth-order valence-electron chi connectivity index (χ4n) is 0.680. The summed E-state index contributed by atoms with van der Waals surface area (Å²) < 4.78 is 3.34. The zero-order valence-corrected chi connectivity index (χ0v) is 9.54. The first-order valence-electron chi connectivity index (χ1n) is 3.79. The molecule has 1 heteroatoms. The fourth-order valence-corrected chi connectivity index (χ4v) is 0.680. The van der Waals surface area contributed by atoms with Gasteiger partial charge in [-0.05, 0) is 0 Å². The third-order valence-electron chi connectivity index (χ3n) is 1.17. The van der Waals surface area contributed by atoms with Gasteiger partial charge < -0.3 is 0 Å². The van der Waals surface area contributed by atoms with Crippen molar-refractivity contribution in [3.8, 4) is 0 Å². The molecule has 12 heavy (non-hydrogen) atoms. The van der Waals surface area contributed by atoms with Gasteiger partial charge in [0, 0.05) is 0 Å². The molecule has 0 saturated carbocycles. The van der Waals surface area contributed by atoms with E-state index in [0.717, 1.165) is 12.8 Å². The zero-order valence-electron chi connectivity index (χ0n) is 7.09. The number of rotatable bonds is 0. The molecule has 2 aliphatic carbocycles. The molecule has 2 rings (SSSR count). The maximum absolute atomic E-state index is 3.34. The van der Waals surface area contributed by atoms with Crippen molar-refractivity contribution >= 4 is 4.21 Å². The van der Waals surface area contributed by atoms with Crippen molar-refractivity contribution in [3.05, 3.63) is 48.6 Å². The Hall–Kier alpha value is -0.287. The normalized spacial score (nSPS) is 15.2. The van der Waals surface area contributed by atoms with Crippen LogP contribution < -0.4 is 0 Å². The summed E-state index contributed by atoms with van der Waals surface area (Å²) in [6.07, 6.45) is 20.0. The van der Waals surface area contributed by atoms with Crippen LogP contribution in [0.5, 0.6) is 0 Å². The molecule has 0 heterocycles. The van der Waals surface area contributed by atoms with Crippen LogP contribution in [0.25, 0.3) is 0 Å². The van der Waals surface area contributed by atoms with Gasteiger partial charge in [0.15, 0.2) is 0 Å². The molecular weight excluding hydrogens is 223 g/mol. The van der Waals surface area contributed by atoms with Crippen LogP contribution in [0.1, 0.15) is 12.8 Å². The van der Waals surface area contributed by atoms with E-state index in [1.807, 2.05) is 24.3 Å². The molecule has 0 aromatic rings. The molecule has 0 nitrogen and oxygen atoms in total. The summed E-state index contributed by atoms with van der Waals surface area (Å²) in [6.45, 7) is 0. The van der Waals surface area contributed by atoms with Gasteiger partial charge in [-0.2, -0.15) is 12.2 Å². The Balaban J connectivity index is 0.000000168. The summed E-state index contributed by atoms with van der Waals surface area (Å²) >= 11 is 1.30. The summed E-state index contributed by atoms with van der Waals surface area (Å²) in [6, 6.07) is 0. The topological polar surface area (TPSA) is 0 Å². The van der Waals surface area contributed by atoms with E-state index < -0.39 is 0 Å². The average Bonchev–Trinajstić information content (AvgIpc) is 2.87.